The molecule has 0 atom stereocenters. The van der Waals surface area contributed by atoms with Crippen molar-refractivity contribution >= 4 is 11.8 Å². The van der Waals surface area contributed by atoms with Gasteiger partial charge in [0.15, 0.2) is 0 Å². The van der Waals surface area contributed by atoms with E-state index < -0.39 is 11.3 Å². The number of carbonyl (C=O) groups excluding carboxylic acids is 2. The zero-order chi connectivity index (χ0) is 14.6. The van der Waals surface area contributed by atoms with Gasteiger partial charge in [-0.05, 0) is 17.8 Å². The van der Waals surface area contributed by atoms with Crippen molar-refractivity contribution in [2.75, 3.05) is 6.54 Å². The molecule has 0 aliphatic carbocycles. The van der Waals surface area contributed by atoms with Gasteiger partial charge >= 0.3 is 0 Å². The van der Waals surface area contributed by atoms with E-state index >= 15 is 0 Å². The Labute approximate surface area is 111 Å². The third-order valence-corrected chi connectivity index (χ3v) is 3.73. The number of hydrogen-bond donors (Lipinski definition) is 2. The first-order valence-electron chi connectivity index (χ1n) is 6.55. The Morgan fingerprint density at radius 2 is 1.67 bits per heavy atom. The molecule has 3 N–H and O–H groups in total. The summed E-state index contributed by atoms with van der Waals surface area (Å²) in [6.45, 7) is 12.9. The quantitative estimate of drug-likeness (QED) is 0.732. The van der Waals surface area contributed by atoms with Crippen LogP contribution in [0, 0.1) is 16.7 Å². The van der Waals surface area contributed by atoms with Crippen molar-refractivity contribution in [1.82, 2.24) is 5.32 Å². The first-order valence-corrected chi connectivity index (χ1v) is 6.55. The van der Waals surface area contributed by atoms with E-state index in [9.17, 15) is 9.59 Å². The van der Waals surface area contributed by atoms with E-state index in [1.807, 2.05) is 13.8 Å². The van der Waals surface area contributed by atoms with Crippen LogP contribution in [0.25, 0.3) is 0 Å². The molecule has 0 radical (unpaired) electrons. The lowest BCUT2D eigenvalue weighted by Gasteiger charge is -2.37. The average Bonchev–Trinajstić information content (AvgIpc) is 2.14. The van der Waals surface area contributed by atoms with Gasteiger partial charge in [-0.2, -0.15) is 0 Å². The van der Waals surface area contributed by atoms with Gasteiger partial charge in [0.1, 0.15) is 0 Å². The molecule has 0 rings (SSSR count). The van der Waals surface area contributed by atoms with E-state index in [4.69, 9.17) is 5.73 Å². The molecular weight excluding hydrogens is 228 g/mol. The van der Waals surface area contributed by atoms with Crippen LogP contribution in [0.1, 0.15) is 54.4 Å². The normalized spacial score (nSPS) is 12.6. The molecule has 106 valence electrons. The van der Waals surface area contributed by atoms with E-state index in [0.717, 1.165) is 6.42 Å². The van der Waals surface area contributed by atoms with Gasteiger partial charge < -0.3 is 11.1 Å². The fraction of sp³-hybridized carbons (Fsp3) is 0.857. The summed E-state index contributed by atoms with van der Waals surface area (Å²) in [5.74, 6) is 0.100. The third-order valence-electron chi connectivity index (χ3n) is 3.73. The van der Waals surface area contributed by atoms with Crippen LogP contribution in [-0.2, 0) is 9.59 Å². The van der Waals surface area contributed by atoms with Gasteiger partial charge in [0, 0.05) is 18.4 Å². The largest absolute Gasteiger partial charge is 0.370 e. The Morgan fingerprint density at radius 3 is 2.06 bits per heavy atom. The number of amides is 2. The maximum atomic E-state index is 12.1. The highest BCUT2D eigenvalue weighted by molar-refractivity contribution is 5.82. The molecule has 18 heavy (non-hydrogen) atoms. The summed E-state index contributed by atoms with van der Waals surface area (Å²) in [5.41, 5.74) is 4.70. The van der Waals surface area contributed by atoms with Gasteiger partial charge in [-0.15, -0.1) is 0 Å². The minimum absolute atomic E-state index is 0.0162. The molecular formula is C14H28N2O2. The van der Waals surface area contributed by atoms with Gasteiger partial charge in [-0.1, -0.05) is 41.5 Å². The van der Waals surface area contributed by atoms with Gasteiger partial charge in [0.2, 0.25) is 11.8 Å². The Bertz CT molecular complexity index is 307. The second-order valence-electron chi connectivity index (χ2n) is 6.68. The summed E-state index contributed by atoms with van der Waals surface area (Å²) in [7, 11) is 0. The minimum Gasteiger partial charge on any atom is -0.370 e. The topological polar surface area (TPSA) is 72.2 Å². The third kappa shape index (κ3) is 5.52. The molecule has 0 bridgehead atoms. The van der Waals surface area contributed by atoms with Crippen LogP contribution in [-0.4, -0.2) is 18.4 Å². The summed E-state index contributed by atoms with van der Waals surface area (Å²) in [5, 5.41) is 2.78. The smallest absolute Gasteiger partial charge is 0.225 e. The summed E-state index contributed by atoms with van der Waals surface area (Å²) >= 11 is 0. The standard InChI is InChI=1S/C14H28N2O2/c1-10(2)13(3,4)9-14(5,6)12(18)16-8-7-11(15)17/h10H,7-9H2,1-6H3,(H2,15,17)(H,16,18). The molecule has 0 aliphatic rings. The predicted octanol–water partition coefficient (Wildman–Crippen LogP) is 2.08. The monoisotopic (exact) mass is 256 g/mol. The first kappa shape index (κ1) is 16.9. The molecule has 4 heteroatoms. The molecule has 4 nitrogen and oxygen atoms in total. The fourth-order valence-corrected chi connectivity index (χ4v) is 1.96. The summed E-state index contributed by atoms with van der Waals surface area (Å²) in [6, 6.07) is 0. The number of nitrogens with one attached hydrogen (secondary N) is 1. The predicted molar refractivity (Wildman–Crippen MR) is 73.8 cm³/mol. The van der Waals surface area contributed by atoms with Crippen molar-refractivity contribution in [2.24, 2.45) is 22.5 Å². The van der Waals surface area contributed by atoms with Gasteiger partial charge in [0.25, 0.3) is 0 Å². The maximum Gasteiger partial charge on any atom is 0.225 e. The highest BCUT2D eigenvalue weighted by Gasteiger charge is 2.35. The lowest BCUT2D eigenvalue weighted by atomic mass is 9.69. The SMILES string of the molecule is CC(C)C(C)(C)CC(C)(C)C(=O)NCCC(N)=O. The maximum absolute atomic E-state index is 12.1. The highest BCUT2D eigenvalue weighted by atomic mass is 16.2. The molecule has 0 aromatic carbocycles. The Morgan fingerprint density at radius 1 is 1.17 bits per heavy atom. The number of nitrogens with two attached hydrogens (primary N) is 1. The first-order chi connectivity index (χ1) is 7.99. The molecule has 0 saturated heterocycles. The zero-order valence-corrected chi connectivity index (χ0v) is 12.6. The van der Waals surface area contributed by atoms with E-state index in [0.29, 0.717) is 12.5 Å². The molecule has 0 fully saturated rings. The number of primary amides is 1. The molecule has 0 saturated carbocycles. The highest BCUT2D eigenvalue weighted by Crippen LogP contribution is 2.39. The number of carbonyl (C=O) groups is 2. The lowest BCUT2D eigenvalue weighted by molar-refractivity contribution is -0.131. The Hall–Kier alpha value is -1.06. The van der Waals surface area contributed by atoms with E-state index in [1.54, 1.807) is 0 Å². The van der Waals surface area contributed by atoms with Gasteiger partial charge in [0.05, 0.1) is 0 Å². The van der Waals surface area contributed by atoms with E-state index in [1.165, 1.54) is 0 Å². The van der Waals surface area contributed by atoms with Crippen molar-refractivity contribution in [3.63, 3.8) is 0 Å². The Kier molecular flexibility index (Phi) is 5.84. The van der Waals surface area contributed by atoms with Crippen molar-refractivity contribution in [3.05, 3.63) is 0 Å². The van der Waals surface area contributed by atoms with Crippen LogP contribution in [0.5, 0.6) is 0 Å². The fourth-order valence-electron chi connectivity index (χ4n) is 1.96. The molecule has 2 amide bonds. The number of rotatable bonds is 7. The van der Waals surface area contributed by atoms with Crippen LogP contribution in [0.2, 0.25) is 0 Å². The molecule has 0 aliphatic heterocycles. The minimum atomic E-state index is -0.439. The second-order valence-corrected chi connectivity index (χ2v) is 6.68. The zero-order valence-electron chi connectivity index (χ0n) is 12.6. The van der Waals surface area contributed by atoms with Crippen molar-refractivity contribution in [3.8, 4) is 0 Å². The van der Waals surface area contributed by atoms with Crippen molar-refractivity contribution in [1.29, 1.82) is 0 Å². The number of hydrogen-bond acceptors (Lipinski definition) is 2. The molecule has 0 aromatic rings. The van der Waals surface area contributed by atoms with Crippen LogP contribution in [0.3, 0.4) is 0 Å². The Balaban J connectivity index is 4.44. The summed E-state index contributed by atoms with van der Waals surface area (Å²) in [4.78, 5) is 22.7. The molecule has 0 spiro atoms. The molecule has 0 unspecified atom stereocenters. The van der Waals surface area contributed by atoms with Crippen LogP contribution in [0.15, 0.2) is 0 Å². The average molecular weight is 256 g/mol. The van der Waals surface area contributed by atoms with Crippen molar-refractivity contribution in [2.45, 2.75) is 54.4 Å². The van der Waals surface area contributed by atoms with Crippen LogP contribution < -0.4 is 11.1 Å². The molecule has 0 heterocycles. The lowest BCUT2D eigenvalue weighted by Crippen LogP contribution is -2.41. The van der Waals surface area contributed by atoms with Gasteiger partial charge in [-0.25, -0.2) is 0 Å². The summed E-state index contributed by atoms with van der Waals surface area (Å²) < 4.78 is 0. The molecule has 0 aromatic heterocycles. The van der Waals surface area contributed by atoms with Crippen molar-refractivity contribution < 1.29 is 9.59 Å². The van der Waals surface area contributed by atoms with E-state index in [-0.39, 0.29) is 17.7 Å². The van der Waals surface area contributed by atoms with Crippen LogP contribution >= 0.6 is 0 Å². The van der Waals surface area contributed by atoms with Gasteiger partial charge in [-0.3, -0.25) is 9.59 Å². The summed E-state index contributed by atoms with van der Waals surface area (Å²) in [6.07, 6.45) is 0.996. The van der Waals surface area contributed by atoms with E-state index in [2.05, 4.69) is 33.0 Å². The van der Waals surface area contributed by atoms with Crippen LogP contribution in [0.4, 0.5) is 0 Å². The second kappa shape index (κ2) is 6.21.